The van der Waals surface area contributed by atoms with E-state index in [2.05, 4.69) is 6.92 Å². The van der Waals surface area contributed by atoms with Crippen LogP contribution in [0.15, 0.2) is 0 Å². The topological polar surface area (TPSA) is 43.4 Å². The molecular weight excluding hydrogens is 216 g/mol. The van der Waals surface area contributed by atoms with Gasteiger partial charge < -0.3 is 4.74 Å². The van der Waals surface area contributed by atoms with E-state index in [-0.39, 0.29) is 11.9 Å². The Bertz CT molecular complexity index is 222. The first-order valence-corrected chi connectivity index (χ1v) is 6.79. The van der Waals surface area contributed by atoms with E-state index in [0.717, 1.165) is 12.8 Å². The van der Waals surface area contributed by atoms with Gasteiger partial charge in [-0.15, -0.1) is 0 Å². The fourth-order valence-electron chi connectivity index (χ4n) is 1.60. The van der Waals surface area contributed by atoms with E-state index in [1.165, 1.54) is 25.7 Å². The summed E-state index contributed by atoms with van der Waals surface area (Å²) in [5.74, 6) is -0.522. The number of carbonyl (C=O) groups excluding carboxylic acids is 2. The van der Waals surface area contributed by atoms with Crippen molar-refractivity contribution in [2.24, 2.45) is 5.92 Å². The maximum absolute atomic E-state index is 11.3. The van der Waals surface area contributed by atoms with Crippen LogP contribution in [0, 0.1) is 5.92 Å². The van der Waals surface area contributed by atoms with Crippen LogP contribution in [-0.2, 0) is 14.3 Å². The highest BCUT2D eigenvalue weighted by molar-refractivity contribution is 5.85. The summed E-state index contributed by atoms with van der Waals surface area (Å²) in [7, 11) is 0. The number of esters is 2. The third-order valence-corrected chi connectivity index (χ3v) is 2.54. The Labute approximate surface area is 105 Å². The zero-order chi connectivity index (χ0) is 13.1. The average Bonchev–Trinajstić information content (AvgIpc) is 2.21. The standard InChI is InChI=1S/C14H26O3/c1-4-5-6-7-8-9-10-13(15)17-14(16)11-12(2)3/h12H,4-11H2,1-3H3. The summed E-state index contributed by atoms with van der Waals surface area (Å²) in [6.07, 6.45) is 7.46. The van der Waals surface area contributed by atoms with Gasteiger partial charge in [0, 0.05) is 12.8 Å². The maximum atomic E-state index is 11.3. The van der Waals surface area contributed by atoms with Crippen LogP contribution in [0.25, 0.3) is 0 Å². The Kier molecular flexibility index (Phi) is 9.78. The van der Waals surface area contributed by atoms with Crippen LogP contribution >= 0.6 is 0 Å². The fraction of sp³-hybridized carbons (Fsp3) is 0.857. The van der Waals surface area contributed by atoms with Crippen LogP contribution in [-0.4, -0.2) is 11.9 Å². The van der Waals surface area contributed by atoms with E-state index in [9.17, 15) is 9.59 Å². The molecule has 0 aromatic carbocycles. The molecule has 0 aliphatic heterocycles. The summed E-state index contributed by atoms with van der Waals surface area (Å²) in [5, 5.41) is 0. The van der Waals surface area contributed by atoms with Gasteiger partial charge in [-0.25, -0.2) is 0 Å². The van der Waals surface area contributed by atoms with Gasteiger partial charge in [0.05, 0.1) is 0 Å². The van der Waals surface area contributed by atoms with Crippen molar-refractivity contribution in [1.82, 2.24) is 0 Å². The molecule has 0 atom stereocenters. The van der Waals surface area contributed by atoms with Gasteiger partial charge in [0.25, 0.3) is 0 Å². The van der Waals surface area contributed by atoms with E-state index in [0.29, 0.717) is 12.8 Å². The van der Waals surface area contributed by atoms with Gasteiger partial charge in [-0.2, -0.15) is 0 Å². The van der Waals surface area contributed by atoms with Crippen molar-refractivity contribution in [3.63, 3.8) is 0 Å². The molecule has 0 heterocycles. The zero-order valence-corrected chi connectivity index (χ0v) is 11.5. The molecule has 0 radical (unpaired) electrons. The Hall–Kier alpha value is -0.860. The Morgan fingerprint density at radius 2 is 1.53 bits per heavy atom. The van der Waals surface area contributed by atoms with Gasteiger partial charge >= 0.3 is 11.9 Å². The Balaban J connectivity index is 3.43. The van der Waals surface area contributed by atoms with Crippen LogP contribution < -0.4 is 0 Å². The quantitative estimate of drug-likeness (QED) is 0.350. The summed E-state index contributed by atoms with van der Waals surface area (Å²) in [6, 6.07) is 0. The first kappa shape index (κ1) is 16.1. The van der Waals surface area contributed by atoms with Crippen LogP contribution in [0.2, 0.25) is 0 Å². The van der Waals surface area contributed by atoms with Crippen LogP contribution in [0.3, 0.4) is 0 Å². The largest absolute Gasteiger partial charge is 0.393 e. The molecule has 0 saturated heterocycles. The van der Waals surface area contributed by atoms with Crippen molar-refractivity contribution in [3.8, 4) is 0 Å². The molecule has 0 fully saturated rings. The smallest absolute Gasteiger partial charge is 0.313 e. The van der Waals surface area contributed by atoms with Crippen molar-refractivity contribution >= 4 is 11.9 Å². The second kappa shape index (κ2) is 10.3. The van der Waals surface area contributed by atoms with Crippen molar-refractivity contribution in [3.05, 3.63) is 0 Å². The van der Waals surface area contributed by atoms with Crippen molar-refractivity contribution in [1.29, 1.82) is 0 Å². The first-order chi connectivity index (χ1) is 8.06. The predicted molar refractivity (Wildman–Crippen MR) is 68.5 cm³/mol. The van der Waals surface area contributed by atoms with Gasteiger partial charge in [-0.1, -0.05) is 52.9 Å². The number of unbranched alkanes of at least 4 members (excludes halogenated alkanes) is 5. The van der Waals surface area contributed by atoms with Crippen LogP contribution in [0.5, 0.6) is 0 Å². The van der Waals surface area contributed by atoms with Gasteiger partial charge in [0.1, 0.15) is 0 Å². The molecular formula is C14H26O3. The highest BCUT2D eigenvalue weighted by Gasteiger charge is 2.11. The molecule has 100 valence electrons. The molecule has 0 aromatic heterocycles. The predicted octanol–water partition coefficient (Wildman–Crippen LogP) is 3.85. The molecule has 0 aliphatic carbocycles. The second-order valence-electron chi connectivity index (χ2n) is 4.96. The van der Waals surface area contributed by atoms with E-state index < -0.39 is 5.97 Å². The minimum atomic E-state index is -0.393. The number of ether oxygens (including phenoxy) is 1. The Morgan fingerprint density at radius 3 is 2.12 bits per heavy atom. The lowest BCUT2D eigenvalue weighted by molar-refractivity contribution is -0.160. The normalized spacial score (nSPS) is 10.6. The van der Waals surface area contributed by atoms with E-state index in [1.54, 1.807) is 0 Å². The lowest BCUT2D eigenvalue weighted by Crippen LogP contribution is -2.13. The number of carbonyl (C=O) groups is 2. The summed E-state index contributed by atoms with van der Waals surface area (Å²) in [6.45, 7) is 6.04. The molecule has 0 rings (SSSR count). The molecule has 0 amide bonds. The minimum absolute atomic E-state index is 0.240. The lowest BCUT2D eigenvalue weighted by atomic mass is 10.1. The van der Waals surface area contributed by atoms with Crippen molar-refractivity contribution in [2.45, 2.75) is 72.1 Å². The van der Waals surface area contributed by atoms with Crippen LogP contribution in [0.1, 0.15) is 72.1 Å². The maximum Gasteiger partial charge on any atom is 0.313 e. The lowest BCUT2D eigenvalue weighted by Gasteiger charge is -2.04. The van der Waals surface area contributed by atoms with Crippen molar-refractivity contribution in [2.75, 3.05) is 0 Å². The van der Waals surface area contributed by atoms with Gasteiger partial charge in [-0.3, -0.25) is 9.59 Å². The number of rotatable bonds is 9. The highest BCUT2D eigenvalue weighted by Crippen LogP contribution is 2.08. The molecule has 0 N–H and O–H groups in total. The van der Waals surface area contributed by atoms with Gasteiger partial charge in [0.15, 0.2) is 0 Å². The number of hydrogen-bond donors (Lipinski definition) is 0. The van der Waals surface area contributed by atoms with E-state index in [4.69, 9.17) is 4.74 Å². The van der Waals surface area contributed by atoms with Crippen molar-refractivity contribution < 1.29 is 14.3 Å². The molecule has 3 nitrogen and oxygen atoms in total. The van der Waals surface area contributed by atoms with E-state index >= 15 is 0 Å². The molecule has 0 saturated carbocycles. The third-order valence-electron chi connectivity index (χ3n) is 2.54. The SMILES string of the molecule is CCCCCCCCC(=O)OC(=O)CC(C)C. The molecule has 0 aliphatic rings. The average molecular weight is 242 g/mol. The van der Waals surface area contributed by atoms with Gasteiger partial charge in [0.2, 0.25) is 0 Å². The molecule has 17 heavy (non-hydrogen) atoms. The van der Waals surface area contributed by atoms with Crippen LogP contribution in [0.4, 0.5) is 0 Å². The third kappa shape index (κ3) is 11.4. The minimum Gasteiger partial charge on any atom is -0.393 e. The van der Waals surface area contributed by atoms with E-state index in [1.807, 2.05) is 13.8 Å². The summed E-state index contributed by atoms with van der Waals surface area (Å²) < 4.78 is 4.71. The summed E-state index contributed by atoms with van der Waals surface area (Å²) in [5.41, 5.74) is 0. The molecule has 3 heteroatoms. The first-order valence-electron chi connectivity index (χ1n) is 6.79. The summed E-state index contributed by atoms with van der Waals surface area (Å²) >= 11 is 0. The highest BCUT2D eigenvalue weighted by atomic mass is 16.6. The molecule has 0 aromatic rings. The zero-order valence-electron chi connectivity index (χ0n) is 11.5. The fourth-order valence-corrected chi connectivity index (χ4v) is 1.60. The molecule has 0 unspecified atom stereocenters. The molecule has 0 bridgehead atoms. The monoisotopic (exact) mass is 242 g/mol. The van der Waals surface area contributed by atoms with Gasteiger partial charge in [-0.05, 0) is 12.3 Å². The summed E-state index contributed by atoms with van der Waals surface area (Å²) in [4.78, 5) is 22.5. The molecule has 0 spiro atoms. The second-order valence-corrected chi connectivity index (χ2v) is 4.96. The Morgan fingerprint density at radius 1 is 0.941 bits per heavy atom. The number of hydrogen-bond acceptors (Lipinski definition) is 3.